The first-order valence-electron chi connectivity index (χ1n) is 5.37. The van der Waals surface area contributed by atoms with Crippen molar-refractivity contribution in [2.24, 2.45) is 0 Å². The molecule has 1 aromatic heterocycles. The van der Waals surface area contributed by atoms with Crippen LogP contribution >= 0.6 is 0 Å². The van der Waals surface area contributed by atoms with Gasteiger partial charge in [-0.25, -0.2) is 14.8 Å². The van der Waals surface area contributed by atoms with E-state index >= 15 is 0 Å². The molecular weight excluding hydrogens is 220 g/mol. The Morgan fingerprint density at radius 1 is 1.65 bits per heavy atom. The number of carbonyl (C=O) groups is 1. The molecule has 1 fully saturated rings. The number of anilines is 1. The van der Waals surface area contributed by atoms with Crippen molar-refractivity contribution in [3.8, 4) is 6.07 Å². The van der Waals surface area contributed by atoms with Gasteiger partial charge in [-0.3, -0.25) is 0 Å². The summed E-state index contributed by atoms with van der Waals surface area (Å²) >= 11 is 0. The highest BCUT2D eigenvalue weighted by Crippen LogP contribution is 2.22. The molecule has 1 N–H and O–H groups in total. The van der Waals surface area contributed by atoms with Gasteiger partial charge in [0.05, 0.1) is 0 Å². The maximum atomic E-state index is 11.1. The van der Waals surface area contributed by atoms with Crippen LogP contribution in [0.3, 0.4) is 0 Å². The predicted molar refractivity (Wildman–Crippen MR) is 59.5 cm³/mol. The molecule has 0 aliphatic carbocycles. The monoisotopic (exact) mass is 232 g/mol. The van der Waals surface area contributed by atoms with Crippen LogP contribution in [0.4, 0.5) is 5.95 Å². The number of hydrogen-bond acceptors (Lipinski definition) is 5. The Morgan fingerprint density at radius 2 is 2.41 bits per heavy atom. The molecule has 2 heterocycles. The third kappa shape index (κ3) is 2.18. The van der Waals surface area contributed by atoms with Crippen LogP contribution in [0.1, 0.15) is 24.2 Å². The van der Waals surface area contributed by atoms with Crippen molar-refractivity contribution in [2.45, 2.75) is 25.8 Å². The quantitative estimate of drug-likeness (QED) is 0.807. The summed E-state index contributed by atoms with van der Waals surface area (Å²) in [5.41, 5.74) is 0.936. The first kappa shape index (κ1) is 11.3. The van der Waals surface area contributed by atoms with E-state index in [-0.39, 0.29) is 5.69 Å². The lowest BCUT2D eigenvalue weighted by molar-refractivity contribution is -0.138. The minimum absolute atomic E-state index is 0.267. The highest BCUT2D eigenvalue weighted by atomic mass is 16.4. The summed E-state index contributed by atoms with van der Waals surface area (Å²) < 4.78 is 0. The maximum Gasteiger partial charge on any atom is 0.326 e. The number of aromatic nitrogens is 2. The Morgan fingerprint density at radius 3 is 3.06 bits per heavy atom. The van der Waals surface area contributed by atoms with Crippen molar-refractivity contribution in [3.63, 3.8) is 0 Å². The Bertz CT molecular complexity index is 495. The highest BCUT2D eigenvalue weighted by Gasteiger charge is 2.32. The summed E-state index contributed by atoms with van der Waals surface area (Å²) in [6.07, 6.45) is 1.39. The van der Waals surface area contributed by atoms with Gasteiger partial charge < -0.3 is 10.0 Å². The van der Waals surface area contributed by atoms with Crippen LogP contribution in [0.15, 0.2) is 6.07 Å². The van der Waals surface area contributed by atoms with Gasteiger partial charge in [0.15, 0.2) is 0 Å². The van der Waals surface area contributed by atoms with Gasteiger partial charge in [-0.05, 0) is 25.8 Å². The second-order valence-corrected chi connectivity index (χ2v) is 4.00. The number of nitriles is 1. The third-order valence-electron chi connectivity index (χ3n) is 2.75. The maximum absolute atomic E-state index is 11.1. The molecule has 0 radical (unpaired) electrons. The number of carboxylic acids is 1. The average molecular weight is 232 g/mol. The summed E-state index contributed by atoms with van der Waals surface area (Å²) in [5.74, 6) is -0.530. The highest BCUT2D eigenvalue weighted by molar-refractivity contribution is 5.78. The molecule has 6 heteroatoms. The molecule has 0 aromatic carbocycles. The van der Waals surface area contributed by atoms with E-state index in [0.29, 0.717) is 24.6 Å². The van der Waals surface area contributed by atoms with Crippen LogP contribution < -0.4 is 4.90 Å². The summed E-state index contributed by atoms with van der Waals surface area (Å²) in [6, 6.07) is 2.95. The first-order chi connectivity index (χ1) is 8.11. The van der Waals surface area contributed by atoms with Crippen molar-refractivity contribution in [3.05, 3.63) is 17.5 Å². The SMILES string of the molecule is Cc1cc(C#N)nc(N2CCCC2C(=O)O)n1. The summed E-state index contributed by atoms with van der Waals surface area (Å²) in [4.78, 5) is 21.0. The number of rotatable bonds is 2. The second-order valence-electron chi connectivity index (χ2n) is 4.00. The number of hydrogen-bond donors (Lipinski definition) is 1. The summed E-state index contributed by atoms with van der Waals surface area (Å²) in [5, 5.41) is 17.9. The van der Waals surface area contributed by atoms with Gasteiger partial charge in [-0.15, -0.1) is 0 Å². The zero-order chi connectivity index (χ0) is 12.4. The molecule has 1 aromatic rings. The smallest absolute Gasteiger partial charge is 0.326 e. The fourth-order valence-corrected chi connectivity index (χ4v) is 2.00. The van der Waals surface area contributed by atoms with Crippen LogP contribution in [0.2, 0.25) is 0 Å². The van der Waals surface area contributed by atoms with Gasteiger partial charge in [0.2, 0.25) is 5.95 Å². The molecule has 2 rings (SSSR count). The molecule has 1 aliphatic rings. The third-order valence-corrected chi connectivity index (χ3v) is 2.75. The molecule has 0 spiro atoms. The van der Waals surface area contributed by atoms with Crippen molar-refractivity contribution >= 4 is 11.9 Å². The van der Waals surface area contributed by atoms with Crippen molar-refractivity contribution in [1.82, 2.24) is 9.97 Å². The zero-order valence-electron chi connectivity index (χ0n) is 9.42. The molecule has 1 aliphatic heterocycles. The van der Waals surface area contributed by atoms with E-state index in [1.807, 2.05) is 6.07 Å². The number of carboxylic acid groups (broad SMARTS) is 1. The Kier molecular flexibility index (Phi) is 2.91. The lowest BCUT2D eigenvalue weighted by Gasteiger charge is -2.21. The van der Waals surface area contributed by atoms with Crippen molar-refractivity contribution in [1.29, 1.82) is 5.26 Å². The molecule has 17 heavy (non-hydrogen) atoms. The van der Waals surface area contributed by atoms with Crippen molar-refractivity contribution < 1.29 is 9.90 Å². The van der Waals surface area contributed by atoms with Crippen molar-refractivity contribution in [2.75, 3.05) is 11.4 Å². The molecule has 1 saturated heterocycles. The summed E-state index contributed by atoms with van der Waals surface area (Å²) in [7, 11) is 0. The molecule has 0 bridgehead atoms. The second kappa shape index (κ2) is 4.37. The fourth-order valence-electron chi connectivity index (χ4n) is 2.00. The van der Waals surface area contributed by atoms with Crippen LogP contribution in [-0.2, 0) is 4.79 Å². The van der Waals surface area contributed by atoms with E-state index < -0.39 is 12.0 Å². The van der Waals surface area contributed by atoms with Crippen LogP contribution in [-0.4, -0.2) is 33.6 Å². The fraction of sp³-hybridized carbons (Fsp3) is 0.455. The van der Waals surface area contributed by atoms with Crippen LogP contribution in [0.25, 0.3) is 0 Å². The minimum atomic E-state index is -0.869. The Labute approximate surface area is 98.5 Å². The van der Waals surface area contributed by atoms with E-state index in [0.717, 1.165) is 6.42 Å². The lowest BCUT2D eigenvalue weighted by Crippen LogP contribution is -2.37. The largest absolute Gasteiger partial charge is 0.480 e. The molecule has 1 unspecified atom stereocenters. The van der Waals surface area contributed by atoms with Crippen LogP contribution in [0.5, 0.6) is 0 Å². The van der Waals surface area contributed by atoms with E-state index in [1.165, 1.54) is 0 Å². The Balaban J connectivity index is 2.37. The minimum Gasteiger partial charge on any atom is -0.480 e. The topological polar surface area (TPSA) is 90.1 Å². The number of aliphatic carboxylic acids is 1. The molecule has 1 atom stereocenters. The van der Waals surface area contributed by atoms with Crippen LogP contribution in [0, 0.1) is 18.3 Å². The normalized spacial score (nSPS) is 19.1. The zero-order valence-corrected chi connectivity index (χ0v) is 9.42. The predicted octanol–water partition coefficient (Wildman–Crippen LogP) is 0.710. The van der Waals surface area contributed by atoms with E-state index in [2.05, 4.69) is 9.97 Å². The molecule has 88 valence electrons. The standard InChI is InChI=1S/C11H12N4O2/c1-7-5-8(6-12)14-11(13-7)15-4-2-3-9(15)10(16)17/h5,9H,2-4H2,1H3,(H,16,17). The lowest BCUT2D eigenvalue weighted by atomic mass is 10.2. The molecule has 0 amide bonds. The van der Waals surface area contributed by atoms with E-state index in [1.54, 1.807) is 17.9 Å². The van der Waals surface area contributed by atoms with E-state index in [9.17, 15) is 4.79 Å². The van der Waals surface area contributed by atoms with Gasteiger partial charge in [0, 0.05) is 12.2 Å². The summed E-state index contributed by atoms with van der Waals surface area (Å²) in [6.45, 7) is 2.38. The van der Waals surface area contributed by atoms with E-state index in [4.69, 9.17) is 10.4 Å². The number of aryl methyl sites for hydroxylation is 1. The van der Waals surface area contributed by atoms with Gasteiger partial charge in [0.1, 0.15) is 17.8 Å². The van der Waals surface area contributed by atoms with Gasteiger partial charge in [-0.1, -0.05) is 0 Å². The van der Waals surface area contributed by atoms with Gasteiger partial charge in [0.25, 0.3) is 0 Å². The average Bonchev–Trinajstić information content (AvgIpc) is 2.77. The molecule has 6 nitrogen and oxygen atoms in total. The Hall–Kier alpha value is -2.16. The van der Waals surface area contributed by atoms with Gasteiger partial charge in [-0.2, -0.15) is 5.26 Å². The van der Waals surface area contributed by atoms with Gasteiger partial charge >= 0.3 is 5.97 Å². The molecular formula is C11H12N4O2. The molecule has 0 saturated carbocycles. The first-order valence-corrected chi connectivity index (χ1v) is 5.37. The number of nitrogens with zero attached hydrogens (tertiary/aromatic N) is 4.